The number of hydrogen-bond acceptors (Lipinski definition) is 5. The van der Waals surface area contributed by atoms with Gasteiger partial charge in [0.25, 0.3) is 0 Å². The van der Waals surface area contributed by atoms with Gasteiger partial charge in [-0.15, -0.1) is 4.73 Å². The Morgan fingerprint density at radius 1 is 1.35 bits per heavy atom. The molecule has 6 heteroatoms. The van der Waals surface area contributed by atoms with Crippen molar-refractivity contribution in [3.05, 3.63) is 33.4 Å². The molecule has 1 heterocycles. The van der Waals surface area contributed by atoms with Crippen molar-refractivity contribution in [2.75, 3.05) is 7.11 Å². The van der Waals surface area contributed by atoms with Crippen molar-refractivity contribution >= 4 is 27.5 Å². The minimum atomic E-state index is -0.495. The Kier molecular flexibility index (Phi) is 3.85. The van der Waals surface area contributed by atoms with Crippen LogP contribution >= 0.6 is 11.3 Å². The Balaban J connectivity index is 2.25. The molecule has 0 aliphatic rings. The van der Waals surface area contributed by atoms with Crippen molar-refractivity contribution < 1.29 is 14.4 Å². The van der Waals surface area contributed by atoms with Crippen molar-refractivity contribution in [3.63, 3.8) is 0 Å². The van der Waals surface area contributed by atoms with Gasteiger partial charge < -0.3 is 9.57 Å². The van der Waals surface area contributed by atoms with E-state index >= 15 is 0 Å². The molecular weight excluding hydrogens is 278 g/mol. The standard InChI is InChI=1S/C14H17NO4S/c1-14(2,3)19-12(16)8-9-5-6-10-11(7-9)20-13(17)15(10)18-4/h5-7H,8H2,1-4H3. The molecule has 0 N–H and O–H groups in total. The molecule has 1 aromatic carbocycles. The van der Waals surface area contributed by atoms with Crippen LogP contribution in [-0.4, -0.2) is 23.4 Å². The Hall–Kier alpha value is -1.82. The average molecular weight is 295 g/mol. The summed E-state index contributed by atoms with van der Waals surface area (Å²) in [5, 5.41) is 0. The van der Waals surface area contributed by atoms with Gasteiger partial charge in [0.05, 0.1) is 11.1 Å². The van der Waals surface area contributed by atoms with Crippen LogP contribution in [0.25, 0.3) is 10.2 Å². The van der Waals surface area contributed by atoms with Gasteiger partial charge in [-0.25, -0.2) is 0 Å². The lowest BCUT2D eigenvalue weighted by Crippen LogP contribution is -2.24. The fourth-order valence-electron chi connectivity index (χ4n) is 1.87. The van der Waals surface area contributed by atoms with Gasteiger partial charge in [-0.1, -0.05) is 17.4 Å². The van der Waals surface area contributed by atoms with Gasteiger partial charge in [-0.2, -0.15) is 0 Å². The molecule has 2 rings (SSSR count). The van der Waals surface area contributed by atoms with E-state index in [0.717, 1.165) is 21.6 Å². The van der Waals surface area contributed by atoms with Crippen LogP contribution in [0.5, 0.6) is 0 Å². The first-order valence-corrected chi connectivity index (χ1v) is 7.02. The third kappa shape index (κ3) is 3.19. The Morgan fingerprint density at radius 3 is 2.65 bits per heavy atom. The molecule has 0 amide bonds. The van der Waals surface area contributed by atoms with E-state index in [1.807, 2.05) is 26.8 Å². The summed E-state index contributed by atoms with van der Waals surface area (Å²) in [6, 6.07) is 5.39. The topological polar surface area (TPSA) is 57.5 Å². The van der Waals surface area contributed by atoms with E-state index in [1.54, 1.807) is 12.1 Å². The fourth-order valence-corrected chi connectivity index (χ4v) is 2.78. The molecule has 0 unspecified atom stereocenters. The number of ether oxygens (including phenoxy) is 1. The van der Waals surface area contributed by atoms with Gasteiger partial charge in [0, 0.05) is 0 Å². The van der Waals surface area contributed by atoms with E-state index < -0.39 is 5.60 Å². The normalized spacial score (nSPS) is 11.6. The zero-order chi connectivity index (χ0) is 14.9. The number of hydrogen-bond donors (Lipinski definition) is 0. The zero-order valence-corrected chi connectivity index (χ0v) is 12.7. The molecule has 108 valence electrons. The summed E-state index contributed by atoms with van der Waals surface area (Å²) in [7, 11) is 1.45. The molecule has 0 fully saturated rings. The second-order valence-electron chi connectivity index (χ2n) is 5.41. The molecular formula is C14H17NO4S. The lowest BCUT2D eigenvalue weighted by molar-refractivity contribution is -0.153. The fraction of sp³-hybridized carbons (Fsp3) is 0.429. The number of fused-ring (bicyclic) bond motifs is 1. The monoisotopic (exact) mass is 295 g/mol. The maximum atomic E-state index is 11.8. The second-order valence-corrected chi connectivity index (χ2v) is 6.40. The van der Waals surface area contributed by atoms with Gasteiger partial charge in [0.15, 0.2) is 0 Å². The number of carbonyl (C=O) groups is 1. The number of carbonyl (C=O) groups excluding carboxylic acids is 1. The quantitative estimate of drug-likeness (QED) is 0.813. The van der Waals surface area contributed by atoms with Gasteiger partial charge in [0.1, 0.15) is 18.2 Å². The van der Waals surface area contributed by atoms with E-state index in [0.29, 0.717) is 5.52 Å². The zero-order valence-electron chi connectivity index (χ0n) is 11.9. The third-order valence-corrected chi connectivity index (χ3v) is 3.44. The third-order valence-electron chi connectivity index (χ3n) is 2.56. The van der Waals surface area contributed by atoms with Gasteiger partial charge in [-0.05, 0) is 38.5 Å². The summed E-state index contributed by atoms with van der Waals surface area (Å²) in [5.41, 5.74) is 1.03. The highest BCUT2D eigenvalue weighted by Crippen LogP contribution is 2.19. The van der Waals surface area contributed by atoms with Crippen LogP contribution in [0.2, 0.25) is 0 Å². The minimum absolute atomic E-state index is 0.183. The number of aromatic nitrogens is 1. The van der Waals surface area contributed by atoms with Crippen molar-refractivity contribution in [1.82, 2.24) is 4.73 Å². The molecule has 5 nitrogen and oxygen atoms in total. The van der Waals surface area contributed by atoms with Crippen molar-refractivity contribution in [1.29, 1.82) is 0 Å². The van der Waals surface area contributed by atoms with E-state index in [-0.39, 0.29) is 17.3 Å². The second kappa shape index (κ2) is 5.28. The number of rotatable bonds is 3. The summed E-state index contributed by atoms with van der Waals surface area (Å²) < 4.78 is 7.30. The molecule has 0 saturated carbocycles. The minimum Gasteiger partial charge on any atom is -0.460 e. The highest BCUT2D eigenvalue weighted by molar-refractivity contribution is 7.16. The molecule has 0 aliphatic carbocycles. The Morgan fingerprint density at radius 2 is 2.05 bits per heavy atom. The summed E-state index contributed by atoms with van der Waals surface area (Å²) in [6.45, 7) is 5.50. The summed E-state index contributed by atoms with van der Waals surface area (Å²) in [5.74, 6) is -0.282. The molecule has 0 aliphatic heterocycles. The van der Waals surface area contributed by atoms with Crippen molar-refractivity contribution in [2.45, 2.75) is 32.8 Å². The van der Waals surface area contributed by atoms with Crippen LogP contribution in [0, 0.1) is 0 Å². The molecule has 0 atom stereocenters. The van der Waals surface area contributed by atoms with Crippen molar-refractivity contribution in [2.24, 2.45) is 0 Å². The smallest absolute Gasteiger partial charge is 0.340 e. The van der Waals surface area contributed by atoms with E-state index in [9.17, 15) is 9.59 Å². The predicted molar refractivity (Wildman–Crippen MR) is 78.1 cm³/mol. The number of nitrogens with zero attached hydrogens (tertiary/aromatic N) is 1. The van der Waals surface area contributed by atoms with Crippen LogP contribution in [0.15, 0.2) is 23.0 Å². The van der Waals surface area contributed by atoms with Crippen LogP contribution in [0.1, 0.15) is 26.3 Å². The van der Waals surface area contributed by atoms with E-state index in [4.69, 9.17) is 9.57 Å². The molecule has 0 bridgehead atoms. The maximum absolute atomic E-state index is 11.8. The van der Waals surface area contributed by atoms with Crippen LogP contribution in [-0.2, 0) is 16.0 Å². The largest absolute Gasteiger partial charge is 0.460 e. The molecule has 0 spiro atoms. The Bertz CT molecular complexity index is 693. The van der Waals surface area contributed by atoms with Crippen LogP contribution in [0.3, 0.4) is 0 Å². The van der Waals surface area contributed by atoms with Gasteiger partial charge in [0.2, 0.25) is 0 Å². The molecule has 1 aromatic heterocycles. The van der Waals surface area contributed by atoms with E-state index in [1.165, 1.54) is 11.8 Å². The van der Waals surface area contributed by atoms with Crippen LogP contribution in [0.4, 0.5) is 0 Å². The maximum Gasteiger partial charge on any atom is 0.340 e. The SMILES string of the molecule is COn1c(=O)sc2cc(CC(=O)OC(C)(C)C)ccc21. The average Bonchev–Trinajstić information content (AvgIpc) is 2.60. The molecule has 2 aromatic rings. The summed E-state index contributed by atoms with van der Waals surface area (Å²) in [4.78, 5) is 28.3. The van der Waals surface area contributed by atoms with Crippen LogP contribution < -0.4 is 9.71 Å². The number of benzene rings is 1. The lowest BCUT2D eigenvalue weighted by atomic mass is 10.1. The highest BCUT2D eigenvalue weighted by atomic mass is 32.1. The first-order valence-electron chi connectivity index (χ1n) is 6.21. The summed E-state index contributed by atoms with van der Waals surface area (Å²) in [6.07, 6.45) is 0.187. The molecule has 20 heavy (non-hydrogen) atoms. The molecule has 0 radical (unpaired) electrons. The first kappa shape index (κ1) is 14.6. The summed E-state index contributed by atoms with van der Waals surface area (Å²) >= 11 is 1.09. The number of esters is 1. The van der Waals surface area contributed by atoms with Gasteiger partial charge in [-0.3, -0.25) is 9.59 Å². The predicted octanol–water partition coefficient (Wildman–Crippen LogP) is 2.01. The lowest BCUT2D eigenvalue weighted by Gasteiger charge is -2.19. The van der Waals surface area contributed by atoms with Gasteiger partial charge >= 0.3 is 10.8 Å². The first-order chi connectivity index (χ1) is 9.30. The van der Waals surface area contributed by atoms with E-state index in [2.05, 4.69) is 0 Å². The highest BCUT2D eigenvalue weighted by Gasteiger charge is 2.17. The van der Waals surface area contributed by atoms with Crippen molar-refractivity contribution in [3.8, 4) is 0 Å². The number of thiazole rings is 1. The Labute approximate surface area is 120 Å². The molecule has 0 saturated heterocycles.